The molecule has 1 unspecified atom stereocenters. The van der Waals surface area contributed by atoms with E-state index < -0.39 is 5.60 Å². The van der Waals surface area contributed by atoms with Crippen LogP contribution in [0.3, 0.4) is 0 Å². The van der Waals surface area contributed by atoms with Crippen LogP contribution < -0.4 is 5.32 Å². The highest BCUT2D eigenvalue weighted by Crippen LogP contribution is 2.33. The third-order valence-electron chi connectivity index (χ3n) is 6.85. The first-order valence-corrected chi connectivity index (χ1v) is 11.1. The topological polar surface area (TPSA) is 65.1 Å². The second-order valence-corrected chi connectivity index (χ2v) is 9.95. The maximum Gasteiger partial charge on any atom is 0.410 e. The number of nitrogens with one attached hydrogen (secondary N) is 1. The van der Waals surface area contributed by atoms with Crippen molar-refractivity contribution in [2.45, 2.75) is 95.5 Å². The first-order chi connectivity index (χ1) is 13.3. The van der Waals surface area contributed by atoms with Crippen molar-refractivity contribution < 1.29 is 14.3 Å². The number of hydrogen-bond donors (Lipinski definition) is 1. The lowest BCUT2D eigenvalue weighted by atomic mass is 9.89. The van der Waals surface area contributed by atoms with E-state index in [-0.39, 0.29) is 12.1 Å². The Morgan fingerprint density at radius 3 is 2.39 bits per heavy atom. The third-order valence-corrected chi connectivity index (χ3v) is 6.85. The lowest BCUT2D eigenvalue weighted by Crippen LogP contribution is -2.52. The van der Waals surface area contributed by atoms with E-state index in [4.69, 9.17) is 4.74 Å². The molecule has 158 valence electrons. The maximum atomic E-state index is 12.6. The van der Waals surface area contributed by atoms with Crippen LogP contribution in [0, 0.1) is 0 Å². The third kappa shape index (κ3) is 4.09. The van der Waals surface area contributed by atoms with Crippen LogP contribution in [0.5, 0.6) is 0 Å². The highest BCUT2D eigenvalue weighted by Gasteiger charge is 2.45. The van der Waals surface area contributed by atoms with Gasteiger partial charge in [-0.3, -0.25) is 4.90 Å². The van der Waals surface area contributed by atoms with Crippen molar-refractivity contribution >= 4 is 12.1 Å². The van der Waals surface area contributed by atoms with Crippen LogP contribution in [0.2, 0.25) is 0 Å². The molecule has 0 bridgehead atoms. The van der Waals surface area contributed by atoms with E-state index in [2.05, 4.69) is 15.1 Å². The second-order valence-electron chi connectivity index (χ2n) is 9.95. The Balaban J connectivity index is 1.28. The zero-order valence-electron chi connectivity index (χ0n) is 17.7. The van der Waals surface area contributed by atoms with Gasteiger partial charge in [-0.15, -0.1) is 0 Å². The number of urea groups is 1. The predicted octanol–water partition coefficient (Wildman–Crippen LogP) is 2.80. The van der Waals surface area contributed by atoms with Gasteiger partial charge >= 0.3 is 12.1 Å². The average Bonchev–Trinajstić information content (AvgIpc) is 3.24. The van der Waals surface area contributed by atoms with Gasteiger partial charge in [0.15, 0.2) is 0 Å². The van der Waals surface area contributed by atoms with Crippen LogP contribution in [0.4, 0.5) is 9.59 Å². The number of carbonyl (C=O) groups is 2. The van der Waals surface area contributed by atoms with Gasteiger partial charge in [-0.05, 0) is 52.9 Å². The van der Waals surface area contributed by atoms with Crippen molar-refractivity contribution in [2.24, 2.45) is 0 Å². The molecule has 7 heteroatoms. The normalized spacial score (nSPS) is 32.4. The Kier molecular flexibility index (Phi) is 5.47. The number of hydrogen-bond acceptors (Lipinski definition) is 4. The molecule has 0 aromatic carbocycles. The SMILES string of the molecule is CC(C)(C)OC(=O)N1CCC(N2CCC(N3C(=O)N[C@@H]4CCCC[C@H]43)CC2)C1. The van der Waals surface area contributed by atoms with E-state index in [1.54, 1.807) is 0 Å². The van der Waals surface area contributed by atoms with Crippen LogP contribution >= 0.6 is 0 Å². The largest absolute Gasteiger partial charge is 0.444 e. The fraction of sp³-hybridized carbons (Fsp3) is 0.905. The number of rotatable bonds is 2. The van der Waals surface area contributed by atoms with Gasteiger partial charge in [-0.1, -0.05) is 12.8 Å². The fourth-order valence-electron chi connectivity index (χ4n) is 5.49. The van der Waals surface area contributed by atoms with Crippen molar-refractivity contribution in [3.05, 3.63) is 0 Å². The summed E-state index contributed by atoms with van der Waals surface area (Å²) in [5, 5.41) is 3.22. The summed E-state index contributed by atoms with van der Waals surface area (Å²) in [7, 11) is 0. The molecule has 1 N–H and O–H groups in total. The smallest absolute Gasteiger partial charge is 0.410 e. The summed E-state index contributed by atoms with van der Waals surface area (Å²) in [6.07, 6.45) is 7.67. The van der Waals surface area contributed by atoms with Gasteiger partial charge in [0.2, 0.25) is 0 Å². The molecule has 4 aliphatic rings. The molecule has 3 saturated heterocycles. The molecule has 0 aromatic rings. The van der Waals surface area contributed by atoms with E-state index in [0.29, 0.717) is 24.2 Å². The number of ether oxygens (including phenoxy) is 1. The van der Waals surface area contributed by atoms with Gasteiger partial charge in [0.25, 0.3) is 0 Å². The van der Waals surface area contributed by atoms with Gasteiger partial charge in [-0.2, -0.15) is 0 Å². The molecular weight excluding hydrogens is 356 g/mol. The molecule has 1 aliphatic carbocycles. The van der Waals surface area contributed by atoms with Crippen molar-refractivity contribution in [3.8, 4) is 0 Å². The molecule has 0 spiro atoms. The quantitative estimate of drug-likeness (QED) is 0.785. The Morgan fingerprint density at radius 1 is 1.00 bits per heavy atom. The number of piperidine rings is 1. The Hall–Kier alpha value is -1.50. The van der Waals surface area contributed by atoms with E-state index in [1.807, 2.05) is 25.7 Å². The first kappa shape index (κ1) is 19.8. The summed E-state index contributed by atoms with van der Waals surface area (Å²) < 4.78 is 5.52. The summed E-state index contributed by atoms with van der Waals surface area (Å²) >= 11 is 0. The number of amides is 3. The van der Waals surface area contributed by atoms with Crippen LogP contribution in [0.15, 0.2) is 0 Å². The molecule has 7 nitrogen and oxygen atoms in total. The maximum absolute atomic E-state index is 12.6. The molecule has 0 aromatic heterocycles. The summed E-state index contributed by atoms with van der Waals surface area (Å²) in [6, 6.07) is 1.73. The molecule has 28 heavy (non-hydrogen) atoms. The molecule has 3 aliphatic heterocycles. The number of carbonyl (C=O) groups excluding carboxylic acids is 2. The Bertz CT molecular complexity index is 597. The van der Waals surface area contributed by atoms with Crippen LogP contribution in [-0.4, -0.2) is 82.8 Å². The molecule has 3 amide bonds. The van der Waals surface area contributed by atoms with Crippen LogP contribution in [-0.2, 0) is 4.74 Å². The minimum absolute atomic E-state index is 0.160. The number of fused-ring (bicyclic) bond motifs is 1. The zero-order valence-corrected chi connectivity index (χ0v) is 17.7. The monoisotopic (exact) mass is 392 g/mol. The molecule has 4 rings (SSSR count). The van der Waals surface area contributed by atoms with Gasteiger partial charge in [0.1, 0.15) is 5.60 Å². The van der Waals surface area contributed by atoms with Gasteiger partial charge < -0.3 is 19.9 Å². The minimum atomic E-state index is -0.444. The van der Waals surface area contributed by atoms with E-state index in [1.165, 1.54) is 12.8 Å². The Morgan fingerprint density at radius 2 is 1.68 bits per heavy atom. The number of nitrogens with zero attached hydrogens (tertiary/aromatic N) is 3. The number of likely N-dealkylation sites (tertiary alicyclic amines) is 2. The van der Waals surface area contributed by atoms with E-state index >= 15 is 0 Å². The highest BCUT2D eigenvalue weighted by atomic mass is 16.6. The zero-order chi connectivity index (χ0) is 19.9. The van der Waals surface area contributed by atoms with Crippen LogP contribution in [0.25, 0.3) is 0 Å². The molecule has 3 atom stereocenters. The molecular formula is C21H36N4O3. The predicted molar refractivity (Wildman–Crippen MR) is 107 cm³/mol. The molecule has 1 saturated carbocycles. The van der Waals surface area contributed by atoms with Crippen molar-refractivity contribution in [1.29, 1.82) is 0 Å². The van der Waals surface area contributed by atoms with Crippen molar-refractivity contribution in [2.75, 3.05) is 26.2 Å². The molecule has 0 radical (unpaired) electrons. The highest BCUT2D eigenvalue weighted by molar-refractivity contribution is 5.78. The average molecular weight is 393 g/mol. The molecule has 4 fully saturated rings. The van der Waals surface area contributed by atoms with Crippen molar-refractivity contribution in [3.63, 3.8) is 0 Å². The van der Waals surface area contributed by atoms with Gasteiger partial charge in [-0.25, -0.2) is 9.59 Å². The lowest BCUT2D eigenvalue weighted by Gasteiger charge is -2.42. The minimum Gasteiger partial charge on any atom is -0.444 e. The van der Waals surface area contributed by atoms with Gasteiger partial charge in [0.05, 0.1) is 12.1 Å². The second kappa shape index (κ2) is 7.73. The summed E-state index contributed by atoms with van der Waals surface area (Å²) in [6.45, 7) is 9.29. The van der Waals surface area contributed by atoms with Gasteiger partial charge in [0, 0.05) is 38.3 Å². The summed E-state index contributed by atoms with van der Waals surface area (Å²) in [5.41, 5.74) is -0.444. The first-order valence-electron chi connectivity index (χ1n) is 11.1. The summed E-state index contributed by atoms with van der Waals surface area (Å²) in [4.78, 5) is 31.4. The summed E-state index contributed by atoms with van der Waals surface area (Å²) in [5.74, 6) is 0. The standard InChI is InChI=1S/C21H36N4O3/c1-21(2,3)28-20(27)24-13-10-16(14-24)23-11-8-15(9-12-23)25-18-7-5-4-6-17(18)22-19(25)26/h15-18H,4-14H2,1-3H3,(H,22,26)/t16?,17-,18-/m1/s1. The Labute approximate surface area is 168 Å². The molecule has 3 heterocycles. The van der Waals surface area contributed by atoms with Crippen LogP contribution in [0.1, 0.15) is 65.7 Å². The fourth-order valence-corrected chi connectivity index (χ4v) is 5.49. The van der Waals surface area contributed by atoms with E-state index in [9.17, 15) is 9.59 Å². The van der Waals surface area contributed by atoms with E-state index in [0.717, 1.165) is 58.3 Å². The lowest BCUT2D eigenvalue weighted by molar-refractivity contribution is 0.0268. The van der Waals surface area contributed by atoms with Crippen molar-refractivity contribution in [1.82, 2.24) is 20.0 Å².